The molecule has 3 aromatic carbocycles. The lowest BCUT2D eigenvalue weighted by Crippen LogP contribution is -2.50. The number of aromatic nitrogens is 2. The van der Waals surface area contributed by atoms with Gasteiger partial charge in [-0.05, 0) is 35.2 Å². The fraction of sp³-hybridized carbons (Fsp3) is 0.226. The number of hydrogen-bond acceptors (Lipinski definition) is 4. The second kappa shape index (κ2) is 10.9. The van der Waals surface area contributed by atoms with Crippen LogP contribution in [0.15, 0.2) is 85.2 Å². The van der Waals surface area contributed by atoms with Gasteiger partial charge in [-0.3, -0.25) is 9.59 Å². The van der Waals surface area contributed by atoms with Crippen molar-refractivity contribution in [1.82, 2.24) is 14.5 Å². The van der Waals surface area contributed by atoms with E-state index in [4.69, 9.17) is 0 Å². The molecule has 2 heterocycles. The number of carbonyl (C=O) groups is 3. The third-order valence-corrected chi connectivity index (χ3v) is 7.15. The second-order valence-electron chi connectivity index (χ2n) is 9.87. The number of nitrogens with one attached hydrogen (secondary N) is 1. The number of fused-ring (bicyclic) bond motifs is 1. The summed E-state index contributed by atoms with van der Waals surface area (Å²) in [6.07, 6.45) is 1.87. The van der Waals surface area contributed by atoms with Gasteiger partial charge in [-0.15, -0.1) is 0 Å². The van der Waals surface area contributed by atoms with Crippen molar-refractivity contribution in [2.45, 2.75) is 45.3 Å². The molecule has 0 aliphatic carbocycles. The Bertz CT molecular complexity index is 1470. The molecule has 0 saturated heterocycles. The first-order chi connectivity index (χ1) is 18.8. The second-order valence-corrected chi connectivity index (χ2v) is 9.87. The summed E-state index contributed by atoms with van der Waals surface area (Å²) in [6, 6.07) is 23.7. The first-order valence-corrected chi connectivity index (χ1v) is 12.8. The van der Waals surface area contributed by atoms with Crippen molar-refractivity contribution in [3.05, 3.63) is 119 Å². The van der Waals surface area contributed by atoms with Crippen LogP contribution in [0.25, 0.3) is 0 Å². The molecular formula is C31H30N4O4. The van der Waals surface area contributed by atoms with Crippen LogP contribution in [0.1, 0.15) is 46.5 Å². The molecule has 0 bridgehead atoms. The van der Waals surface area contributed by atoms with Gasteiger partial charge in [0.2, 0.25) is 11.8 Å². The number of aryl methyl sites for hydroxylation is 1. The molecule has 5 rings (SSSR count). The normalized spacial score (nSPS) is 14.6. The van der Waals surface area contributed by atoms with Crippen LogP contribution in [0.4, 0.5) is 5.69 Å². The van der Waals surface area contributed by atoms with E-state index in [1.165, 1.54) is 11.8 Å². The van der Waals surface area contributed by atoms with Crippen molar-refractivity contribution in [2.24, 2.45) is 0 Å². The molecule has 0 unspecified atom stereocenters. The molecule has 1 atom stereocenters. The summed E-state index contributed by atoms with van der Waals surface area (Å²) in [5, 5.41) is 13.0. The minimum absolute atomic E-state index is 0.120. The molecule has 0 radical (unpaired) electrons. The van der Waals surface area contributed by atoms with Crippen molar-refractivity contribution in [3.63, 3.8) is 0 Å². The summed E-state index contributed by atoms with van der Waals surface area (Å²) in [5.74, 6) is -2.06. The van der Waals surface area contributed by atoms with Crippen LogP contribution in [-0.4, -0.2) is 43.4 Å². The third kappa shape index (κ3) is 5.45. The maximum atomic E-state index is 14.1. The molecule has 8 nitrogen and oxygen atoms in total. The third-order valence-electron chi connectivity index (χ3n) is 7.15. The Kier molecular flexibility index (Phi) is 7.27. The first-order valence-electron chi connectivity index (χ1n) is 12.8. The average molecular weight is 523 g/mol. The van der Waals surface area contributed by atoms with Gasteiger partial charge in [0.15, 0.2) is 0 Å². The van der Waals surface area contributed by atoms with Crippen molar-refractivity contribution in [1.29, 1.82) is 0 Å². The van der Waals surface area contributed by atoms with Gasteiger partial charge in [-0.1, -0.05) is 72.8 Å². The molecule has 1 aliphatic rings. The maximum absolute atomic E-state index is 14.1. The molecule has 8 heteroatoms. The minimum Gasteiger partial charge on any atom is -0.480 e. The Morgan fingerprint density at radius 2 is 1.64 bits per heavy atom. The molecule has 4 aromatic rings. The number of nitrogens with zero attached hydrogens (tertiary/aromatic N) is 3. The van der Waals surface area contributed by atoms with E-state index in [9.17, 15) is 19.5 Å². The summed E-state index contributed by atoms with van der Waals surface area (Å²) >= 11 is 0. The van der Waals surface area contributed by atoms with Gasteiger partial charge >= 0.3 is 5.97 Å². The Morgan fingerprint density at radius 1 is 1.00 bits per heavy atom. The predicted molar refractivity (Wildman–Crippen MR) is 147 cm³/mol. The highest BCUT2D eigenvalue weighted by molar-refractivity contribution is 5.91. The Hall–Kier alpha value is -4.72. The summed E-state index contributed by atoms with van der Waals surface area (Å²) in [6.45, 7) is 4.02. The van der Waals surface area contributed by atoms with E-state index in [-0.39, 0.29) is 24.8 Å². The molecule has 2 N–H and O–H groups in total. The highest BCUT2D eigenvalue weighted by Crippen LogP contribution is 2.32. The predicted octanol–water partition coefficient (Wildman–Crippen LogP) is 4.37. The number of anilines is 1. The van der Waals surface area contributed by atoms with Crippen LogP contribution in [0, 0.1) is 6.92 Å². The van der Waals surface area contributed by atoms with E-state index >= 15 is 0 Å². The number of aliphatic carboxylic acids is 1. The number of carboxylic acid groups (broad SMARTS) is 1. The standard InChI is InChI=1S/C31H30N4O4/c1-20-15-22(13-14-25(20)33-21(2)36)17-34-19-32-26-18-35(28(31(38)39)16-27(26)34)30(37)29(23-9-5-3-6-10-23)24-11-7-4-8-12-24/h3-15,19,28-29H,16-18H2,1-2H3,(H,33,36)(H,38,39)/t28-/m0/s1. The zero-order valence-electron chi connectivity index (χ0n) is 21.9. The Balaban J connectivity index is 1.44. The average Bonchev–Trinajstić information content (AvgIpc) is 3.32. The molecule has 2 amide bonds. The fourth-order valence-electron chi connectivity index (χ4n) is 5.25. The molecule has 39 heavy (non-hydrogen) atoms. The van der Waals surface area contributed by atoms with E-state index in [0.29, 0.717) is 12.2 Å². The highest BCUT2D eigenvalue weighted by Gasteiger charge is 2.40. The van der Waals surface area contributed by atoms with E-state index in [1.807, 2.05) is 90.4 Å². The van der Waals surface area contributed by atoms with E-state index < -0.39 is 17.9 Å². The van der Waals surface area contributed by atoms with Gasteiger partial charge in [0, 0.05) is 31.3 Å². The Labute approximate surface area is 226 Å². The lowest BCUT2D eigenvalue weighted by atomic mass is 9.88. The Morgan fingerprint density at radius 3 is 2.21 bits per heavy atom. The molecule has 0 spiro atoms. The van der Waals surface area contributed by atoms with Crippen LogP contribution in [-0.2, 0) is 33.9 Å². The lowest BCUT2D eigenvalue weighted by molar-refractivity contribution is -0.151. The summed E-state index contributed by atoms with van der Waals surface area (Å²) < 4.78 is 1.95. The lowest BCUT2D eigenvalue weighted by Gasteiger charge is -2.35. The van der Waals surface area contributed by atoms with Crippen molar-refractivity contribution in [3.8, 4) is 0 Å². The topological polar surface area (TPSA) is 105 Å². The summed E-state index contributed by atoms with van der Waals surface area (Å²) in [5.41, 5.74) is 5.83. The van der Waals surface area contributed by atoms with Crippen LogP contribution < -0.4 is 5.32 Å². The van der Waals surface area contributed by atoms with Crippen molar-refractivity contribution < 1.29 is 19.5 Å². The smallest absolute Gasteiger partial charge is 0.326 e. The van der Waals surface area contributed by atoms with Gasteiger partial charge in [-0.25, -0.2) is 9.78 Å². The fourth-order valence-corrected chi connectivity index (χ4v) is 5.25. The van der Waals surface area contributed by atoms with Crippen molar-refractivity contribution in [2.75, 3.05) is 5.32 Å². The largest absolute Gasteiger partial charge is 0.480 e. The highest BCUT2D eigenvalue weighted by atomic mass is 16.4. The van der Waals surface area contributed by atoms with Gasteiger partial charge in [0.05, 0.1) is 24.5 Å². The number of carboxylic acids is 1. The molecule has 198 valence electrons. The van der Waals surface area contributed by atoms with Crippen molar-refractivity contribution >= 4 is 23.5 Å². The SMILES string of the molecule is CC(=O)Nc1ccc(Cn2cnc3c2C[C@@H](C(=O)O)N(C(=O)C(c2ccccc2)c2ccccc2)C3)cc1C. The van der Waals surface area contributed by atoms with Gasteiger partial charge in [-0.2, -0.15) is 0 Å². The number of rotatable bonds is 7. The maximum Gasteiger partial charge on any atom is 0.326 e. The first kappa shape index (κ1) is 25.9. The number of amides is 2. The summed E-state index contributed by atoms with van der Waals surface area (Å²) in [4.78, 5) is 44.0. The zero-order valence-corrected chi connectivity index (χ0v) is 21.9. The summed E-state index contributed by atoms with van der Waals surface area (Å²) in [7, 11) is 0. The molecule has 1 aromatic heterocycles. The number of carbonyl (C=O) groups excluding carboxylic acids is 2. The van der Waals surface area contributed by atoms with Crippen LogP contribution >= 0.6 is 0 Å². The van der Waals surface area contributed by atoms with Gasteiger partial charge < -0.3 is 19.9 Å². The van der Waals surface area contributed by atoms with E-state index in [0.717, 1.165) is 33.6 Å². The van der Waals surface area contributed by atoms with Crippen LogP contribution in [0.3, 0.4) is 0 Å². The molecular weight excluding hydrogens is 492 g/mol. The zero-order chi connectivity index (χ0) is 27.5. The quantitative estimate of drug-likeness (QED) is 0.375. The van der Waals surface area contributed by atoms with E-state index in [1.54, 1.807) is 6.33 Å². The van der Waals surface area contributed by atoms with E-state index in [2.05, 4.69) is 10.3 Å². The number of imidazole rings is 1. The number of benzene rings is 3. The van der Waals surface area contributed by atoms with Gasteiger partial charge in [0.1, 0.15) is 6.04 Å². The molecule has 0 fully saturated rings. The molecule has 1 aliphatic heterocycles. The minimum atomic E-state index is -1.04. The molecule has 0 saturated carbocycles. The van der Waals surface area contributed by atoms with Crippen LogP contribution in [0.5, 0.6) is 0 Å². The monoisotopic (exact) mass is 522 g/mol. The number of hydrogen-bond donors (Lipinski definition) is 2. The van der Waals surface area contributed by atoms with Gasteiger partial charge in [0.25, 0.3) is 0 Å². The van der Waals surface area contributed by atoms with Crippen LogP contribution in [0.2, 0.25) is 0 Å².